The molecule has 0 bridgehead atoms. The second kappa shape index (κ2) is 3.26. The highest BCUT2D eigenvalue weighted by molar-refractivity contribution is 9.10. The predicted molar refractivity (Wildman–Crippen MR) is 43.8 cm³/mol. The van der Waals surface area contributed by atoms with Gasteiger partial charge in [0.15, 0.2) is 17.5 Å². The van der Waals surface area contributed by atoms with Crippen LogP contribution in [0.1, 0.15) is 5.56 Å². The lowest BCUT2D eigenvalue weighted by atomic mass is 10.2. The van der Waals surface area contributed by atoms with Crippen molar-refractivity contribution >= 4 is 27.5 Å². The molecule has 5 heteroatoms. The molecule has 0 aliphatic rings. The first-order chi connectivity index (χ1) is 5.46. The van der Waals surface area contributed by atoms with Crippen molar-refractivity contribution in [2.45, 2.75) is 6.92 Å². The molecule has 0 aliphatic heterocycles. The van der Waals surface area contributed by atoms with E-state index in [0.717, 1.165) is 0 Å². The van der Waals surface area contributed by atoms with Crippen LogP contribution in [0, 0.1) is 24.4 Å². The fraction of sp³-hybridized carbons (Fsp3) is 0.143. The van der Waals surface area contributed by atoms with Gasteiger partial charge in [-0.3, -0.25) is 0 Å². The average Bonchev–Trinajstić information content (AvgIpc) is 2.08. The van der Waals surface area contributed by atoms with Crippen LogP contribution < -0.4 is 0 Å². The zero-order chi connectivity index (χ0) is 9.46. The zero-order valence-electron chi connectivity index (χ0n) is 5.89. The molecule has 0 N–H and O–H groups in total. The van der Waals surface area contributed by atoms with Crippen molar-refractivity contribution in [2.24, 2.45) is 0 Å². The monoisotopic (exact) mass is 258 g/mol. The molecule has 0 radical (unpaired) electrons. The van der Waals surface area contributed by atoms with E-state index in [1.54, 1.807) is 0 Å². The van der Waals surface area contributed by atoms with Crippen molar-refractivity contribution in [2.75, 3.05) is 0 Å². The Balaban J connectivity index is 3.60. The second-order valence-electron chi connectivity index (χ2n) is 2.19. The van der Waals surface area contributed by atoms with Gasteiger partial charge in [-0.2, -0.15) is 0 Å². The molecule has 66 valence electrons. The van der Waals surface area contributed by atoms with Crippen LogP contribution in [0.4, 0.5) is 13.2 Å². The first-order valence-electron chi connectivity index (χ1n) is 2.94. The third-order valence-electron chi connectivity index (χ3n) is 1.43. The smallest absolute Gasteiger partial charge is 0.196 e. The van der Waals surface area contributed by atoms with Crippen LogP contribution in [0.3, 0.4) is 0 Å². The van der Waals surface area contributed by atoms with E-state index in [9.17, 15) is 13.2 Å². The van der Waals surface area contributed by atoms with Crippen LogP contribution in [0.15, 0.2) is 4.47 Å². The van der Waals surface area contributed by atoms with Crippen LogP contribution in [-0.4, -0.2) is 0 Å². The molecule has 1 rings (SSSR count). The molecular formula is C7H3BrClF3. The van der Waals surface area contributed by atoms with Gasteiger partial charge in [0, 0.05) is 10.0 Å². The highest BCUT2D eigenvalue weighted by atomic mass is 79.9. The van der Waals surface area contributed by atoms with Gasteiger partial charge in [-0.1, -0.05) is 11.6 Å². The van der Waals surface area contributed by atoms with Crippen molar-refractivity contribution in [1.29, 1.82) is 0 Å². The van der Waals surface area contributed by atoms with E-state index in [1.165, 1.54) is 6.92 Å². The number of rotatable bonds is 0. The van der Waals surface area contributed by atoms with Gasteiger partial charge in [0.05, 0.1) is 5.02 Å². The van der Waals surface area contributed by atoms with Crippen LogP contribution in [0.2, 0.25) is 5.02 Å². The summed E-state index contributed by atoms with van der Waals surface area (Å²) in [6.07, 6.45) is 0. The van der Waals surface area contributed by atoms with Crippen LogP contribution >= 0.6 is 27.5 Å². The summed E-state index contributed by atoms with van der Waals surface area (Å²) in [5, 5.41) is -0.439. The van der Waals surface area contributed by atoms with E-state index in [2.05, 4.69) is 15.9 Å². The lowest BCUT2D eigenvalue weighted by molar-refractivity contribution is 0.442. The molecule has 0 fully saturated rings. The van der Waals surface area contributed by atoms with Crippen LogP contribution in [0.5, 0.6) is 0 Å². The molecule has 0 heterocycles. The molecule has 0 atom stereocenters. The van der Waals surface area contributed by atoms with Crippen LogP contribution in [0.25, 0.3) is 0 Å². The van der Waals surface area contributed by atoms with Gasteiger partial charge in [0.25, 0.3) is 0 Å². The maximum atomic E-state index is 12.7. The van der Waals surface area contributed by atoms with E-state index in [-0.39, 0.29) is 10.0 Å². The molecule has 0 aromatic heterocycles. The number of hydrogen-bond donors (Lipinski definition) is 0. The zero-order valence-corrected chi connectivity index (χ0v) is 8.23. The van der Waals surface area contributed by atoms with Crippen molar-refractivity contribution in [1.82, 2.24) is 0 Å². The van der Waals surface area contributed by atoms with E-state index in [1.807, 2.05) is 0 Å². The Kier molecular flexibility index (Phi) is 2.68. The van der Waals surface area contributed by atoms with Gasteiger partial charge >= 0.3 is 0 Å². The Morgan fingerprint density at radius 3 is 2.08 bits per heavy atom. The lowest BCUT2D eigenvalue weighted by Crippen LogP contribution is -1.96. The van der Waals surface area contributed by atoms with E-state index in [4.69, 9.17) is 11.6 Å². The normalized spacial score (nSPS) is 10.5. The van der Waals surface area contributed by atoms with Crippen LogP contribution in [-0.2, 0) is 0 Å². The summed E-state index contributed by atoms with van der Waals surface area (Å²) in [5.74, 6) is -4.13. The summed E-state index contributed by atoms with van der Waals surface area (Å²) in [5.41, 5.74) is -0.0427. The van der Waals surface area contributed by atoms with E-state index in [0.29, 0.717) is 0 Å². The van der Waals surface area contributed by atoms with Gasteiger partial charge in [0.2, 0.25) is 0 Å². The molecule has 1 aromatic rings. The SMILES string of the molecule is Cc1c(F)c(F)c(F)c(Cl)c1Br. The third kappa shape index (κ3) is 1.33. The average molecular weight is 259 g/mol. The summed E-state index contributed by atoms with van der Waals surface area (Å²) in [7, 11) is 0. The van der Waals surface area contributed by atoms with Crippen molar-refractivity contribution < 1.29 is 13.2 Å². The highest BCUT2D eigenvalue weighted by Crippen LogP contribution is 2.32. The molecule has 0 spiro atoms. The molecule has 0 saturated carbocycles. The first kappa shape index (κ1) is 9.86. The largest absolute Gasteiger partial charge is 0.203 e. The highest BCUT2D eigenvalue weighted by Gasteiger charge is 2.19. The Hall–Kier alpha value is -0.220. The molecule has 0 nitrogen and oxygen atoms in total. The molecule has 0 amide bonds. The minimum atomic E-state index is -1.54. The first-order valence-corrected chi connectivity index (χ1v) is 4.12. The van der Waals surface area contributed by atoms with Crippen molar-refractivity contribution in [3.8, 4) is 0 Å². The maximum absolute atomic E-state index is 12.7. The number of benzene rings is 1. The van der Waals surface area contributed by atoms with Crippen molar-refractivity contribution in [3.05, 3.63) is 32.5 Å². The second-order valence-corrected chi connectivity index (χ2v) is 3.37. The fourth-order valence-electron chi connectivity index (χ4n) is 0.715. The van der Waals surface area contributed by atoms with E-state index < -0.39 is 22.5 Å². The lowest BCUT2D eigenvalue weighted by Gasteiger charge is -2.04. The Bertz CT molecular complexity index is 233. The topological polar surface area (TPSA) is 0 Å². The Morgan fingerprint density at radius 2 is 1.58 bits per heavy atom. The van der Waals surface area contributed by atoms with Gasteiger partial charge < -0.3 is 0 Å². The fourth-order valence-corrected chi connectivity index (χ4v) is 1.29. The molecule has 1 aromatic carbocycles. The van der Waals surface area contributed by atoms with Gasteiger partial charge in [-0.15, -0.1) is 0 Å². The Labute approximate surface area is 80.5 Å². The molecule has 12 heavy (non-hydrogen) atoms. The standard InChI is InChI=1S/C7H3BrClF3/c1-2-3(8)4(9)6(11)7(12)5(2)10/h1H3. The third-order valence-corrected chi connectivity index (χ3v) is 3.00. The molecule has 0 aliphatic carbocycles. The summed E-state index contributed by atoms with van der Waals surface area (Å²) >= 11 is 8.17. The maximum Gasteiger partial charge on any atom is 0.196 e. The van der Waals surface area contributed by atoms with Gasteiger partial charge in [-0.25, -0.2) is 13.2 Å². The summed E-state index contributed by atoms with van der Waals surface area (Å²) in [6, 6.07) is 0. The molecule has 0 saturated heterocycles. The van der Waals surface area contributed by atoms with Gasteiger partial charge in [0.1, 0.15) is 0 Å². The Morgan fingerprint density at radius 1 is 1.08 bits per heavy atom. The number of hydrogen-bond acceptors (Lipinski definition) is 0. The minimum absolute atomic E-state index is 0.0422. The number of halogens is 5. The molecular weight excluding hydrogens is 256 g/mol. The summed E-state index contributed by atoms with van der Waals surface area (Å²) in [4.78, 5) is 0. The predicted octanol–water partition coefficient (Wildman–Crippen LogP) is 3.83. The van der Waals surface area contributed by atoms with Gasteiger partial charge in [-0.05, 0) is 22.9 Å². The quantitative estimate of drug-likeness (QED) is 0.491. The summed E-state index contributed by atoms with van der Waals surface area (Å²) < 4.78 is 38.0. The molecule has 0 unspecified atom stereocenters. The van der Waals surface area contributed by atoms with E-state index >= 15 is 0 Å². The minimum Gasteiger partial charge on any atom is -0.203 e. The van der Waals surface area contributed by atoms with Crippen molar-refractivity contribution in [3.63, 3.8) is 0 Å². The summed E-state index contributed by atoms with van der Waals surface area (Å²) in [6.45, 7) is 1.30.